The maximum Gasteiger partial charge on any atom is 0.166 e. The van der Waals surface area contributed by atoms with Crippen LogP contribution in [0.2, 0.25) is 0 Å². The van der Waals surface area contributed by atoms with E-state index < -0.39 is 0 Å². The molecule has 0 saturated heterocycles. The summed E-state index contributed by atoms with van der Waals surface area (Å²) in [7, 11) is 0. The maximum absolute atomic E-state index is 5.30. The van der Waals surface area contributed by atoms with E-state index in [1.165, 1.54) is 5.56 Å². The van der Waals surface area contributed by atoms with Gasteiger partial charge in [-0.1, -0.05) is 6.92 Å². The number of aromatic nitrogens is 2. The van der Waals surface area contributed by atoms with Crippen LogP contribution < -0.4 is 10.6 Å². The molecule has 0 saturated carbocycles. The smallest absolute Gasteiger partial charge is 0.166 e. The van der Waals surface area contributed by atoms with Gasteiger partial charge in [-0.2, -0.15) is 5.10 Å². The standard InChI is InChI=1S/C13H24N4S/c1-6-9(3)14-13(18)15-10(4)12-8-17(7-2)16-11(12)5/h8-10H,6-7H2,1-5H3,(H2,14,15,18). The fourth-order valence-corrected chi connectivity index (χ4v) is 2.14. The lowest BCUT2D eigenvalue weighted by atomic mass is 10.1. The molecule has 0 aliphatic carbocycles. The first-order valence-corrected chi connectivity index (χ1v) is 6.99. The number of rotatable bonds is 5. The molecule has 0 aromatic carbocycles. The van der Waals surface area contributed by atoms with E-state index in [0.29, 0.717) is 11.2 Å². The van der Waals surface area contributed by atoms with Crippen molar-refractivity contribution >= 4 is 17.3 Å². The summed E-state index contributed by atoms with van der Waals surface area (Å²) in [6.45, 7) is 11.4. The van der Waals surface area contributed by atoms with Crippen LogP contribution in [0.3, 0.4) is 0 Å². The molecule has 18 heavy (non-hydrogen) atoms. The van der Waals surface area contributed by atoms with Gasteiger partial charge in [0.15, 0.2) is 5.11 Å². The van der Waals surface area contributed by atoms with Crippen LogP contribution in [-0.2, 0) is 6.54 Å². The summed E-state index contributed by atoms with van der Waals surface area (Å²) in [4.78, 5) is 0. The minimum Gasteiger partial charge on any atom is -0.360 e. The molecule has 1 rings (SSSR count). The second-order valence-corrected chi connectivity index (χ2v) is 5.08. The molecule has 0 radical (unpaired) electrons. The normalized spacial score (nSPS) is 14.1. The molecule has 0 spiro atoms. The fraction of sp³-hybridized carbons (Fsp3) is 0.692. The summed E-state index contributed by atoms with van der Waals surface area (Å²) in [5.41, 5.74) is 2.26. The highest BCUT2D eigenvalue weighted by atomic mass is 32.1. The monoisotopic (exact) mass is 268 g/mol. The van der Waals surface area contributed by atoms with E-state index in [-0.39, 0.29) is 6.04 Å². The van der Waals surface area contributed by atoms with E-state index in [1.54, 1.807) is 0 Å². The van der Waals surface area contributed by atoms with Gasteiger partial charge in [-0.15, -0.1) is 0 Å². The molecule has 2 N–H and O–H groups in total. The van der Waals surface area contributed by atoms with Crippen LogP contribution in [0.25, 0.3) is 0 Å². The highest BCUT2D eigenvalue weighted by molar-refractivity contribution is 7.80. The number of hydrogen-bond donors (Lipinski definition) is 2. The van der Waals surface area contributed by atoms with Gasteiger partial charge < -0.3 is 10.6 Å². The summed E-state index contributed by atoms with van der Waals surface area (Å²) in [5.74, 6) is 0. The van der Waals surface area contributed by atoms with E-state index in [2.05, 4.69) is 49.6 Å². The molecule has 0 amide bonds. The van der Waals surface area contributed by atoms with Gasteiger partial charge in [0.25, 0.3) is 0 Å². The topological polar surface area (TPSA) is 41.9 Å². The third kappa shape index (κ3) is 3.98. The van der Waals surface area contributed by atoms with Gasteiger partial charge in [-0.3, -0.25) is 4.68 Å². The van der Waals surface area contributed by atoms with Crippen LogP contribution in [0.5, 0.6) is 0 Å². The lowest BCUT2D eigenvalue weighted by Crippen LogP contribution is -2.41. The van der Waals surface area contributed by atoms with E-state index in [4.69, 9.17) is 12.2 Å². The third-order valence-electron chi connectivity index (χ3n) is 3.11. The van der Waals surface area contributed by atoms with Crippen LogP contribution >= 0.6 is 12.2 Å². The van der Waals surface area contributed by atoms with Crippen LogP contribution in [0.15, 0.2) is 6.20 Å². The molecule has 2 atom stereocenters. The van der Waals surface area contributed by atoms with Crippen molar-refractivity contribution in [1.29, 1.82) is 0 Å². The Morgan fingerprint density at radius 3 is 2.56 bits per heavy atom. The number of aryl methyl sites for hydroxylation is 2. The van der Waals surface area contributed by atoms with E-state index >= 15 is 0 Å². The number of thiocarbonyl (C=S) groups is 1. The van der Waals surface area contributed by atoms with Gasteiger partial charge in [0.1, 0.15) is 0 Å². The van der Waals surface area contributed by atoms with Crippen molar-refractivity contribution in [3.63, 3.8) is 0 Å². The molecule has 1 aromatic heterocycles. The predicted molar refractivity (Wildman–Crippen MR) is 79.7 cm³/mol. The Balaban J connectivity index is 2.61. The molecular formula is C13H24N4S. The molecule has 0 aliphatic rings. The number of nitrogens with zero attached hydrogens (tertiary/aromatic N) is 2. The lowest BCUT2D eigenvalue weighted by Gasteiger charge is -2.19. The molecule has 5 heteroatoms. The molecule has 102 valence electrons. The fourth-order valence-electron chi connectivity index (χ4n) is 1.76. The summed E-state index contributed by atoms with van der Waals surface area (Å²) < 4.78 is 1.95. The first kappa shape index (κ1) is 15.0. The Bertz CT molecular complexity index is 400. The second kappa shape index (κ2) is 6.73. The minimum absolute atomic E-state index is 0.175. The third-order valence-corrected chi connectivity index (χ3v) is 3.35. The zero-order chi connectivity index (χ0) is 13.7. The van der Waals surface area contributed by atoms with Crippen molar-refractivity contribution in [2.24, 2.45) is 0 Å². The highest BCUT2D eigenvalue weighted by Crippen LogP contribution is 2.15. The van der Waals surface area contributed by atoms with Gasteiger partial charge in [-0.25, -0.2) is 0 Å². The first-order valence-electron chi connectivity index (χ1n) is 6.58. The number of hydrogen-bond acceptors (Lipinski definition) is 2. The zero-order valence-corrected chi connectivity index (χ0v) is 12.8. The van der Waals surface area contributed by atoms with Crippen molar-refractivity contribution in [2.45, 2.75) is 59.7 Å². The minimum atomic E-state index is 0.175. The van der Waals surface area contributed by atoms with Crippen molar-refractivity contribution < 1.29 is 0 Å². The Morgan fingerprint density at radius 1 is 1.39 bits per heavy atom. The van der Waals surface area contributed by atoms with Crippen molar-refractivity contribution in [3.05, 3.63) is 17.5 Å². The van der Waals surface area contributed by atoms with Crippen molar-refractivity contribution in [2.75, 3.05) is 0 Å². The average molecular weight is 268 g/mol. The van der Waals surface area contributed by atoms with Gasteiger partial charge in [0.05, 0.1) is 11.7 Å². The average Bonchev–Trinajstić information content (AvgIpc) is 2.70. The quantitative estimate of drug-likeness (QED) is 0.805. The van der Waals surface area contributed by atoms with Gasteiger partial charge in [-0.05, 0) is 46.3 Å². The lowest BCUT2D eigenvalue weighted by molar-refractivity contribution is 0.613. The number of nitrogens with one attached hydrogen (secondary N) is 2. The molecule has 1 heterocycles. The Kier molecular flexibility index (Phi) is 5.59. The van der Waals surface area contributed by atoms with Gasteiger partial charge >= 0.3 is 0 Å². The van der Waals surface area contributed by atoms with Crippen LogP contribution in [0.1, 0.15) is 51.4 Å². The SMILES string of the molecule is CCC(C)NC(=S)NC(C)c1cn(CC)nc1C. The van der Waals surface area contributed by atoms with Crippen LogP contribution in [0, 0.1) is 6.92 Å². The van der Waals surface area contributed by atoms with Crippen LogP contribution in [-0.4, -0.2) is 20.9 Å². The predicted octanol–water partition coefficient (Wildman–Crippen LogP) is 2.54. The van der Waals surface area contributed by atoms with Gasteiger partial charge in [0, 0.05) is 24.3 Å². The summed E-state index contributed by atoms with van der Waals surface area (Å²) in [6, 6.07) is 0.575. The van der Waals surface area contributed by atoms with E-state index in [9.17, 15) is 0 Å². The van der Waals surface area contributed by atoms with Gasteiger partial charge in [0.2, 0.25) is 0 Å². The largest absolute Gasteiger partial charge is 0.360 e. The van der Waals surface area contributed by atoms with Crippen molar-refractivity contribution in [1.82, 2.24) is 20.4 Å². The molecule has 0 aliphatic heterocycles. The molecular weight excluding hydrogens is 244 g/mol. The summed E-state index contributed by atoms with van der Waals surface area (Å²) >= 11 is 5.30. The Morgan fingerprint density at radius 2 is 2.06 bits per heavy atom. The molecule has 2 unspecified atom stereocenters. The van der Waals surface area contributed by atoms with Crippen LogP contribution in [0.4, 0.5) is 0 Å². The molecule has 0 bridgehead atoms. The second-order valence-electron chi connectivity index (χ2n) is 4.67. The summed E-state index contributed by atoms with van der Waals surface area (Å²) in [6.07, 6.45) is 3.14. The van der Waals surface area contributed by atoms with E-state index in [1.807, 2.05) is 11.6 Å². The molecule has 4 nitrogen and oxygen atoms in total. The van der Waals surface area contributed by atoms with E-state index in [0.717, 1.165) is 18.7 Å². The van der Waals surface area contributed by atoms with Crippen molar-refractivity contribution in [3.8, 4) is 0 Å². The maximum atomic E-state index is 5.30. The zero-order valence-electron chi connectivity index (χ0n) is 11.9. The summed E-state index contributed by atoms with van der Waals surface area (Å²) in [5, 5.41) is 11.7. The highest BCUT2D eigenvalue weighted by Gasteiger charge is 2.13. The Hall–Kier alpha value is -1.10. The molecule has 0 fully saturated rings. The Labute approximate surface area is 115 Å². The molecule has 1 aromatic rings. The first-order chi connectivity index (χ1) is 8.47.